The molecule has 0 radical (unpaired) electrons. The number of nitrogens with zero attached hydrogens (tertiary/aromatic N) is 1. The summed E-state index contributed by atoms with van der Waals surface area (Å²) in [5.41, 5.74) is 3.14. The number of rotatable bonds is 2. The van der Waals surface area contributed by atoms with Crippen molar-refractivity contribution in [2.75, 3.05) is 14.2 Å². The molecule has 0 fully saturated rings. The van der Waals surface area contributed by atoms with Gasteiger partial charge < -0.3 is 18.9 Å². The molecule has 0 saturated carbocycles. The Bertz CT molecular complexity index is 1080. The minimum absolute atomic E-state index is 0.118. The van der Waals surface area contributed by atoms with Crippen LogP contribution in [0.1, 0.15) is 0 Å². The van der Waals surface area contributed by atoms with E-state index in [9.17, 15) is 4.79 Å². The maximum absolute atomic E-state index is 12.3. The number of H-pyrrole nitrogens is 1. The number of hydrogen-bond donors (Lipinski definition) is 1. The van der Waals surface area contributed by atoms with Gasteiger partial charge in [0.05, 0.1) is 30.8 Å². The summed E-state index contributed by atoms with van der Waals surface area (Å²) < 4.78 is 12.7. The molecule has 0 spiro atoms. The molecule has 0 amide bonds. The normalized spacial score (nSPS) is 11.4. The summed E-state index contributed by atoms with van der Waals surface area (Å²) in [5.74, 6) is 1.28. The van der Waals surface area contributed by atoms with Crippen molar-refractivity contribution in [3.8, 4) is 11.5 Å². The Balaban J connectivity index is 2.28. The lowest BCUT2D eigenvalue weighted by Crippen LogP contribution is -2.09. The zero-order valence-electron chi connectivity index (χ0n) is 12.2. The fourth-order valence-electron chi connectivity index (χ4n) is 2.92. The number of aromatic nitrogens is 2. The Kier molecular flexibility index (Phi) is 2.63. The van der Waals surface area contributed by atoms with E-state index >= 15 is 0 Å². The molecular weight excluding hydrogens is 280 g/mol. The van der Waals surface area contributed by atoms with Gasteiger partial charge in [-0.1, -0.05) is 12.1 Å². The second kappa shape index (κ2) is 4.53. The van der Waals surface area contributed by atoms with Gasteiger partial charge in [-0.25, -0.2) is 0 Å². The third-order valence-electron chi connectivity index (χ3n) is 3.93. The third kappa shape index (κ3) is 1.62. The van der Waals surface area contributed by atoms with Gasteiger partial charge in [0.1, 0.15) is 5.52 Å². The van der Waals surface area contributed by atoms with E-state index in [1.165, 1.54) is 0 Å². The van der Waals surface area contributed by atoms with Gasteiger partial charge >= 0.3 is 0 Å². The smallest absolute Gasteiger partial charge is 0.272 e. The van der Waals surface area contributed by atoms with Crippen molar-refractivity contribution in [2.24, 2.45) is 0 Å². The van der Waals surface area contributed by atoms with Crippen molar-refractivity contribution in [2.45, 2.75) is 0 Å². The molecule has 0 saturated heterocycles. The van der Waals surface area contributed by atoms with Crippen LogP contribution in [0.25, 0.3) is 27.5 Å². The predicted molar refractivity (Wildman–Crippen MR) is 86.1 cm³/mol. The van der Waals surface area contributed by atoms with E-state index in [1.54, 1.807) is 14.2 Å². The quantitative estimate of drug-likeness (QED) is 0.618. The Morgan fingerprint density at radius 3 is 2.41 bits per heavy atom. The van der Waals surface area contributed by atoms with Crippen molar-refractivity contribution in [1.82, 2.24) is 9.38 Å². The number of hydrogen-bond acceptors (Lipinski definition) is 3. The van der Waals surface area contributed by atoms with E-state index in [0.29, 0.717) is 17.0 Å². The summed E-state index contributed by atoms with van der Waals surface area (Å²) in [5, 5.41) is 0.930. The van der Waals surface area contributed by atoms with Crippen LogP contribution in [0.5, 0.6) is 11.5 Å². The highest BCUT2D eigenvalue weighted by Crippen LogP contribution is 2.34. The first-order valence-corrected chi connectivity index (χ1v) is 6.91. The number of benzene rings is 2. The van der Waals surface area contributed by atoms with Crippen molar-refractivity contribution >= 4 is 27.5 Å². The maximum Gasteiger partial charge on any atom is 0.272 e. The van der Waals surface area contributed by atoms with Gasteiger partial charge in [-0.05, 0) is 24.3 Å². The molecule has 110 valence electrons. The number of para-hydroxylation sites is 2. The first-order valence-electron chi connectivity index (χ1n) is 6.91. The molecule has 1 N–H and O–H groups in total. The molecule has 4 aromatic rings. The fourth-order valence-corrected chi connectivity index (χ4v) is 2.92. The molecule has 2 aromatic carbocycles. The Morgan fingerprint density at radius 2 is 1.64 bits per heavy atom. The van der Waals surface area contributed by atoms with Gasteiger partial charge in [0, 0.05) is 11.5 Å². The molecule has 0 unspecified atom stereocenters. The second-order valence-electron chi connectivity index (χ2n) is 5.10. The lowest BCUT2D eigenvalue weighted by Gasteiger charge is -2.08. The van der Waals surface area contributed by atoms with Crippen LogP contribution in [0.4, 0.5) is 0 Å². The molecule has 0 atom stereocenters. The molecular formula is C17H14N2O3. The van der Waals surface area contributed by atoms with Crippen LogP contribution in [-0.2, 0) is 0 Å². The standard InChI is InChI=1S/C17H14N2O3/c1-21-15-8-10-7-14-17(20)18-11-5-3-4-6-12(11)19(14)13(10)9-16(15)22-2/h3-9H,1-2H3,(H,18,20). The fraction of sp³-hybridized carbons (Fsp3) is 0.118. The Hall–Kier alpha value is -2.95. The molecule has 0 aliphatic carbocycles. The summed E-state index contributed by atoms with van der Waals surface area (Å²) in [4.78, 5) is 15.2. The molecule has 4 rings (SSSR count). The van der Waals surface area contributed by atoms with Crippen molar-refractivity contribution in [1.29, 1.82) is 0 Å². The van der Waals surface area contributed by atoms with Gasteiger partial charge in [-0.3, -0.25) is 4.79 Å². The molecule has 2 aromatic heterocycles. The SMILES string of the molecule is COc1cc2cc3c(=O)[nH]c4ccccc4n3c2cc1OC. The minimum atomic E-state index is -0.118. The van der Waals surface area contributed by atoms with Crippen molar-refractivity contribution in [3.63, 3.8) is 0 Å². The van der Waals surface area contributed by atoms with Crippen LogP contribution >= 0.6 is 0 Å². The Morgan fingerprint density at radius 1 is 0.909 bits per heavy atom. The molecule has 5 heteroatoms. The second-order valence-corrected chi connectivity index (χ2v) is 5.10. The number of fused-ring (bicyclic) bond motifs is 5. The maximum atomic E-state index is 12.3. The van der Waals surface area contributed by atoms with E-state index < -0.39 is 0 Å². The molecule has 0 bridgehead atoms. The van der Waals surface area contributed by atoms with Gasteiger partial charge in [-0.15, -0.1) is 0 Å². The van der Waals surface area contributed by atoms with E-state index in [4.69, 9.17) is 9.47 Å². The lowest BCUT2D eigenvalue weighted by atomic mass is 10.2. The first kappa shape index (κ1) is 12.8. The first-order chi connectivity index (χ1) is 10.7. The monoisotopic (exact) mass is 294 g/mol. The highest BCUT2D eigenvalue weighted by Gasteiger charge is 2.13. The highest BCUT2D eigenvalue weighted by atomic mass is 16.5. The number of ether oxygens (including phenoxy) is 2. The van der Waals surface area contributed by atoms with Gasteiger partial charge in [0.2, 0.25) is 0 Å². The van der Waals surface area contributed by atoms with E-state index in [2.05, 4.69) is 4.98 Å². The average molecular weight is 294 g/mol. The van der Waals surface area contributed by atoms with Crippen molar-refractivity contribution < 1.29 is 9.47 Å². The summed E-state index contributed by atoms with van der Waals surface area (Å²) in [6, 6.07) is 13.4. The van der Waals surface area contributed by atoms with E-state index in [-0.39, 0.29) is 5.56 Å². The lowest BCUT2D eigenvalue weighted by molar-refractivity contribution is 0.356. The highest BCUT2D eigenvalue weighted by molar-refractivity contribution is 5.94. The number of nitrogens with one attached hydrogen (secondary N) is 1. The molecule has 5 nitrogen and oxygen atoms in total. The zero-order valence-corrected chi connectivity index (χ0v) is 12.2. The largest absolute Gasteiger partial charge is 0.493 e. The van der Waals surface area contributed by atoms with Crippen LogP contribution in [0.15, 0.2) is 47.3 Å². The minimum Gasteiger partial charge on any atom is -0.493 e. The summed E-state index contributed by atoms with van der Waals surface area (Å²) in [6.07, 6.45) is 0. The molecule has 22 heavy (non-hydrogen) atoms. The van der Waals surface area contributed by atoms with Crippen LogP contribution in [0.3, 0.4) is 0 Å². The van der Waals surface area contributed by atoms with Crippen LogP contribution < -0.4 is 15.0 Å². The topological polar surface area (TPSA) is 55.7 Å². The Labute approximate surface area is 125 Å². The molecule has 2 heterocycles. The van der Waals surface area contributed by atoms with E-state index in [1.807, 2.05) is 46.9 Å². The number of aromatic amines is 1. The summed E-state index contributed by atoms with van der Waals surface area (Å²) in [6.45, 7) is 0. The van der Waals surface area contributed by atoms with Gasteiger partial charge in [-0.2, -0.15) is 0 Å². The summed E-state index contributed by atoms with van der Waals surface area (Å²) >= 11 is 0. The predicted octanol–water partition coefficient (Wildman–Crippen LogP) is 2.95. The van der Waals surface area contributed by atoms with Crippen molar-refractivity contribution in [3.05, 3.63) is 52.8 Å². The molecule has 0 aliphatic rings. The van der Waals surface area contributed by atoms with Crippen LogP contribution in [0, 0.1) is 0 Å². The van der Waals surface area contributed by atoms with Crippen LogP contribution in [0.2, 0.25) is 0 Å². The van der Waals surface area contributed by atoms with Crippen LogP contribution in [-0.4, -0.2) is 23.6 Å². The zero-order chi connectivity index (χ0) is 15.3. The molecule has 0 aliphatic heterocycles. The average Bonchev–Trinajstić information content (AvgIpc) is 2.93. The number of methoxy groups -OCH3 is 2. The van der Waals surface area contributed by atoms with Gasteiger partial charge in [0.25, 0.3) is 5.56 Å². The van der Waals surface area contributed by atoms with Gasteiger partial charge in [0.15, 0.2) is 11.5 Å². The summed E-state index contributed by atoms with van der Waals surface area (Å²) in [7, 11) is 3.20. The van der Waals surface area contributed by atoms with E-state index in [0.717, 1.165) is 21.9 Å². The third-order valence-corrected chi connectivity index (χ3v) is 3.93.